The van der Waals surface area contributed by atoms with Crippen molar-refractivity contribution in [1.29, 1.82) is 0 Å². The highest BCUT2D eigenvalue weighted by Gasteiger charge is 2.23. The molecule has 29 heavy (non-hydrogen) atoms. The van der Waals surface area contributed by atoms with E-state index in [1.807, 2.05) is 13.8 Å². The Labute approximate surface area is 173 Å². The minimum atomic E-state index is -3.63. The SMILES string of the molecule is CCN(CC)S(=O)(=O)c1cccc(C(=O)N(C)Cc2ncc(C)c(OC)c2C)c1. The van der Waals surface area contributed by atoms with E-state index in [0.29, 0.717) is 18.7 Å². The van der Waals surface area contributed by atoms with Crippen molar-refractivity contribution in [3.63, 3.8) is 0 Å². The van der Waals surface area contributed by atoms with Gasteiger partial charge in [0.25, 0.3) is 5.91 Å². The van der Waals surface area contributed by atoms with Crippen LogP contribution in [0.15, 0.2) is 35.4 Å². The minimum Gasteiger partial charge on any atom is -0.496 e. The summed E-state index contributed by atoms with van der Waals surface area (Å²) in [6.07, 6.45) is 1.72. The van der Waals surface area contributed by atoms with Gasteiger partial charge in [0.2, 0.25) is 10.0 Å². The van der Waals surface area contributed by atoms with E-state index in [4.69, 9.17) is 4.74 Å². The molecule has 0 aliphatic rings. The number of benzene rings is 1. The molecule has 0 aliphatic heterocycles. The van der Waals surface area contributed by atoms with Gasteiger partial charge in [-0.1, -0.05) is 19.9 Å². The zero-order valence-corrected chi connectivity index (χ0v) is 18.7. The van der Waals surface area contributed by atoms with E-state index in [1.54, 1.807) is 46.3 Å². The Bertz CT molecular complexity index is 985. The first kappa shape index (κ1) is 22.8. The molecule has 1 aromatic carbocycles. The zero-order chi connectivity index (χ0) is 21.8. The Morgan fingerprint density at radius 2 is 1.83 bits per heavy atom. The maximum atomic E-state index is 12.9. The molecule has 0 unspecified atom stereocenters. The van der Waals surface area contributed by atoms with E-state index in [1.165, 1.54) is 21.3 Å². The van der Waals surface area contributed by atoms with Gasteiger partial charge in [-0.25, -0.2) is 8.42 Å². The van der Waals surface area contributed by atoms with Crippen LogP contribution in [0.5, 0.6) is 5.75 Å². The summed E-state index contributed by atoms with van der Waals surface area (Å²) in [6, 6.07) is 6.16. The molecule has 0 atom stereocenters. The second kappa shape index (κ2) is 9.37. The van der Waals surface area contributed by atoms with Crippen LogP contribution in [0, 0.1) is 13.8 Å². The van der Waals surface area contributed by atoms with Gasteiger partial charge < -0.3 is 9.64 Å². The van der Waals surface area contributed by atoms with Gasteiger partial charge in [-0.05, 0) is 32.0 Å². The van der Waals surface area contributed by atoms with Crippen molar-refractivity contribution in [1.82, 2.24) is 14.2 Å². The maximum Gasteiger partial charge on any atom is 0.253 e. The molecule has 0 N–H and O–H groups in total. The lowest BCUT2D eigenvalue weighted by molar-refractivity contribution is 0.0783. The number of aromatic nitrogens is 1. The fraction of sp³-hybridized carbons (Fsp3) is 0.429. The Morgan fingerprint density at radius 3 is 2.41 bits per heavy atom. The normalized spacial score (nSPS) is 11.6. The summed E-state index contributed by atoms with van der Waals surface area (Å²) in [5.74, 6) is 0.477. The minimum absolute atomic E-state index is 0.117. The van der Waals surface area contributed by atoms with Gasteiger partial charge >= 0.3 is 0 Å². The topological polar surface area (TPSA) is 79.8 Å². The third-order valence-corrected chi connectivity index (χ3v) is 6.95. The highest BCUT2D eigenvalue weighted by Crippen LogP contribution is 2.25. The van der Waals surface area contributed by atoms with Crippen LogP contribution in [0.4, 0.5) is 0 Å². The third-order valence-electron chi connectivity index (χ3n) is 4.91. The number of pyridine rings is 1. The highest BCUT2D eigenvalue weighted by atomic mass is 32.2. The van der Waals surface area contributed by atoms with Gasteiger partial charge in [0.1, 0.15) is 5.75 Å². The molecule has 158 valence electrons. The Balaban J connectivity index is 2.29. The number of hydrogen-bond donors (Lipinski definition) is 0. The number of hydrogen-bond acceptors (Lipinski definition) is 5. The Kier molecular flexibility index (Phi) is 7.37. The lowest BCUT2D eigenvalue weighted by Crippen LogP contribution is -2.31. The Hall–Kier alpha value is -2.45. The lowest BCUT2D eigenvalue weighted by atomic mass is 10.1. The van der Waals surface area contributed by atoms with Crippen molar-refractivity contribution < 1.29 is 17.9 Å². The quantitative estimate of drug-likeness (QED) is 0.657. The van der Waals surface area contributed by atoms with E-state index in [9.17, 15) is 13.2 Å². The van der Waals surface area contributed by atoms with E-state index in [0.717, 1.165) is 22.6 Å². The number of amides is 1. The van der Waals surface area contributed by atoms with Gasteiger partial charge in [-0.2, -0.15) is 4.31 Å². The largest absolute Gasteiger partial charge is 0.496 e. The van der Waals surface area contributed by atoms with Crippen molar-refractivity contribution in [3.05, 3.63) is 52.8 Å². The van der Waals surface area contributed by atoms with E-state index >= 15 is 0 Å². The van der Waals surface area contributed by atoms with Crippen LogP contribution >= 0.6 is 0 Å². The van der Waals surface area contributed by atoms with Gasteiger partial charge in [0, 0.05) is 43.0 Å². The number of ether oxygens (including phenoxy) is 1. The summed E-state index contributed by atoms with van der Waals surface area (Å²) in [6.45, 7) is 8.43. The molecule has 8 heteroatoms. The third kappa shape index (κ3) is 4.76. The van der Waals surface area contributed by atoms with Gasteiger partial charge in [-0.3, -0.25) is 9.78 Å². The van der Waals surface area contributed by atoms with Gasteiger partial charge in [0.05, 0.1) is 24.2 Å². The smallest absolute Gasteiger partial charge is 0.253 e. The van der Waals surface area contributed by atoms with Crippen LogP contribution in [0.2, 0.25) is 0 Å². The van der Waals surface area contributed by atoms with Crippen molar-refractivity contribution in [2.45, 2.75) is 39.1 Å². The molecule has 1 amide bonds. The van der Waals surface area contributed by atoms with Crippen molar-refractivity contribution >= 4 is 15.9 Å². The molecule has 0 aliphatic carbocycles. The van der Waals surface area contributed by atoms with Gasteiger partial charge in [-0.15, -0.1) is 0 Å². The lowest BCUT2D eigenvalue weighted by Gasteiger charge is -2.21. The molecule has 0 radical (unpaired) electrons. The molecular formula is C21H29N3O4S. The molecule has 0 spiro atoms. The second-order valence-corrected chi connectivity index (χ2v) is 8.76. The summed E-state index contributed by atoms with van der Waals surface area (Å²) in [4.78, 5) is 19.0. The van der Waals surface area contributed by atoms with Gasteiger partial charge in [0.15, 0.2) is 0 Å². The molecule has 0 saturated carbocycles. The van der Waals surface area contributed by atoms with Crippen LogP contribution < -0.4 is 4.74 Å². The number of carbonyl (C=O) groups excluding carboxylic acids is 1. The average molecular weight is 420 g/mol. The molecule has 7 nitrogen and oxygen atoms in total. The number of aryl methyl sites for hydroxylation is 1. The van der Waals surface area contributed by atoms with E-state index in [2.05, 4.69) is 4.98 Å². The van der Waals surface area contributed by atoms with Crippen LogP contribution in [-0.2, 0) is 16.6 Å². The first-order valence-corrected chi connectivity index (χ1v) is 11.0. The fourth-order valence-electron chi connectivity index (χ4n) is 3.25. The van der Waals surface area contributed by atoms with E-state index < -0.39 is 10.0 Å². The number of carbonyl (C=O) groups is 1. The summed E-state index contributed by atoms with van der Waals surface area (Å²) in [5.41, 5.74) is 2.86. The molecule has 0 saturated heterocycles. The van der Waals surface area contributed by atoms with Crippen LogP contribution in [0.1, 0.15) is 41.0 Å². The molecule has 0 fully saturated rings. The molecule has 0 bridgehead atoms. The predicted octanol–water partition coefficient (Wildman–Crippen LogP) is 3.01. The second-order valence-electron chi connectivity index (χ2n) is 6.82. The monoisotopic (exact) mass is 419 g/mol. The molecule has 1 aromatic heterocycles. The summed E-state index contributed by atoms with van der Waals surface area (Å²) in [5, 5.41) is 0. The Morgan fingerprint density at radius 1 is 1.17 bits per heavy atom. The molecule has 2 rings (SSSR count). The van der Waals surface area contributed by atoms with Crippen LogP contribution in [0.25, 0.3) is 0 Å². The highest BCUT2D eigenvalue weighted by molar-refractivity contribution is 7.89. The average Bonchev–Trinajstić information content (AvgIpc) is 2.70. The van der Waals surface area contributed by atoms with E-state index in [-0.39, 0.29) is 17.3 Å². The summed E-state index contributed by atoms with van der Waals surface area (Å²) in [7, 11) is -0.354. The van der Waals surface area contributed by atoms with Crippen LogP contribution in [0.3, 0.4) is 0 Å². The molecular weight excluding hydrogens is 390 g/mol. The zero-order valence-electron chi connectivity index (χ0n) is 17.9. The maximum absolute atomic E-state index is 12.9. The van der Waals surface area contributed by atoms with Crippen molar-refractivity contribution in [2.24, 2.45) is 0 Å². The number of rotatable bonds is 8. The molecule has 2 aromatic rings. The predicted molar refractivity (Wildman–Crippen MR) is 113 cm³/mol. The first-order chi connectivity index (χ1) is 13.7. The van der Waals surface area contributed by atoms with Crippen molar-refractivity contribution in [3.8, 4) is 5.75 Å². The number of methoxy groups -OCH3 is 1. The molecule has 1 heterocycles. The number of nitrogens with zero attached hydrogens (tertiary/aromatic N) is 3. The number of sulfonamides is 1. The first-order valence-electron chi connectivity index (χ1n) is 9.52. The van der Waals surface area contributed by atoms with Crippen LogP contribution in [-0.4, -0.2) is 55.8 Å². The summed E-state index contributed by atoms with van der Waals surface area (Å²) >= 11 is 0. The fourth-order valence-corrected chi connectivity index (χ4v) is 4.75. The summed E-state index contributed by atoms with van der Waals surface area (Å²) < 4.78 is 32.3. The standard InChI is InChI=1S/C21H29N3O4S/c1-7-24(8-2)29(26,27)18-11-9-10-17(12-18)21(25)23(5)14-19-16(4)20(28-6)15(3)13-22-19/h9-13H,7-8,14H2,1-6H3. The van der Waals surface area contributed by atoms with Crippen molar-refractivity contribution in [2.75, 3.05) is 27.2 Å².